The smallest absolute Gasteiger partial charge is 0.339 e. The van der Waals surface area contributed by atoms with Gasteiger partial charge in [0.2, 0.25) is 0 Å². The first-order valence-electron chi connectivity index (χ1n) is 5.09. The lowest BCUT2D eigenvalue weighted by molar-refractivity contribution is 0.485. The number of rotatable bonds is 3. The average Bonchev–Trinajstić information content (AvgIpc) is 2.27. The molecule has 0 radical (unpaired) electrons. The zero-order valence-corrected chi connectivity index (χ0v) is 10.3. The molecule has 1 aromatic heterocycles. The van der Waals surface area contributed by atoms with Crippen LogP contribution in [-0.4, -0.2) is 18.8 Å². The maximum Gasteiger partial charge on any atom is 0.339 e. The number of hydrogen-bond donors (Lipinski definition) is 2. The van der Waals surface area contributed by atoms with Gasteiger partial charge in [-0.15, -0.1) is 0 Å². The molecule has 0 amide bonds. The van der Waals surface area contributed by atoms with E-state index in [4.69, 9.17) is 8.97 Å². The highest BCUT2D eigenvalue weighted by molar-refractivity contribution is 7.85. The SMILES string of the molecule is Cc1cc2ccc(NCS(=O)(=O)O)cc2oc1=O. The van der Waals surface area contributed by atoms with Crippen LogP contribution in [0.1, 0.15) is 5.56 Å². The normalized spacial score (nSPS) is 11.7. The van der Waals surface area contributed by atoms with Gasteiger partial charge in [0.15, 0.2) is 0 Å². The third kappa shape index (κ3) is 2.88. The third-order valence-electron chi connectivity index (χ3n) is 2.37. The molecule has 2 rings (SSSR count). The fourth-order valence-corrected chi connectivity index (χ4v) is 1.85. The summed E-state index contributed by atoms with van der Waals surface area (Å²) in [5.41, 5.74) is 0.855. The molecule has 7 heteroatoms. The summed E-state index contributed by atoms with van der Waals surface area (Å²) in [5.74, 6) is -0.603. The minimum atomic E-state index is -4.09. The topological polar surface area (TPSA) is 96.6 Å². The Hall–Kier alpha value is -1.86. The fraction of sp³-hybridized carbons (Fsp3) is 0.182. The quantitative estimate of drug-likeness (QED) is 0.645. The Balaban J connectivity index is 2.38. The Kier molecular flexibility index (Phi) is 3.10. The number of benzene rings is 1. The molecule has 18 heavy (non-hydrogen) atoms. The number of aryl methyl sites for hydroxylation is 1. The maximum absolute atomic E-state index is 11.3. The van der Waals surface area contributed by atoms with Crippen molar-refractivity contribution < 1.29 is 17.4 Å². The van der Waals surface area contributed by atoms with Crippen LogP contribution in [0.25, 0.3) is 11.0 Å². The standard InChI is InChI=1S/C11H11NO5S/c1-7-4-8-2-3-9(12-6-18(14,15)16)5-10(8)17-11(7)13/h2-5,12H,6H2,1H3,(H,14,15,16). The first-order chi connectivity index (χ1) is 8.35. The van der Waals surface area contributed by atoms with Gasteiger partial charge in [0.05, 0.1) is 0 Å². The molecule has 0 bridgehead atoms. The lowest BCUT2D eigenvalue weighted by atomic mass is 10.2. The molecule has 0 aliphatic carbocycles. The van der Waals surface area contributed by atoms with Crippen molar-refractivity contribution in [1.29, 1.82) is 0 Å². The number of anilines is 1. The first kappa shape index (κ1) is 12.6. The Morgan fingerprint density at radius 3 is 2.72 bits per heavy atom. The molecule has 1 aromatic carbocycles. The first-order valence-corrected chi connectivity index (χ1v) is 6.70. The van der Waals surface area contributed by atoms with Gasteiger partial charge in [-0.3, -0.25) is 4.55 Å². The van der Waals surface area contributed by atoms with E-state index in [0.29, 0.717) is 16.8 Å². The summed E-state index contributed by atoms with van der Waals surface area (Å²) in [6.45, 7) is 1.65. The van der Waals surface area contributed by atoms with Crippen LogP contribution in [-0.2, 0) is 10.1 Å². The predicted molar refractivity (Wildman–Crippen MR) is 67.3 cm³/mol. The second-order valence-electron chi connectivity index (χ2n) is 3.87. The van der Waals surface area contributed by atoms with Gasteiger partial charge in [0.25, 0.3) is 10.1 Å². The molecule has 2 aromatic rings. The van der Waals surface area contributed by atoms with Crippen LogP contribution in [0.2, 0.25) is 0 Å². The molecule has 6 nitrogen and oxygen atoms in total. The van der Waals surface area contributed by atoms with E-state index in [9.17, 15) is 13.2 Å². The number of nitrogens with one attached hydrogen (secondary N) is 1. The second kappa shape index (κ2) is 4.43. The molecule has 0 saturated carbocycles. The molecule has 96 valence electrons. The Morgan fingerprint density at radius 2 is 2.06 bits per heavy atom. The highest BCUT2D eigenvalue weighted by Crippen LogP contribution is 2.18. The maximum atomic E-state index is 11.3. The molecular weight excluding hydrogens is 258 g/mol. The molecule has 0 unspecified atom stereocenters. The molecule has 1 heterocycles. The van der Waals surface area contributed by atoms with E-state index in [1.165, 1.54) is 6.07 Å². The Labute approximate surface area is 103 Å². The van der Waals surface area contributed by atoms with Crippen LogP contribution in [0.4, 0.5) is 5.69 Å². The summed E-state index contributed by atoms with van der Waals surface area (Å²) in [6, 6.07) is 6.51. The zero-order chi connectivity index (χ0) is 13.3. The minimum absolute atomic E-state index is 0.353. The van der Waals surface area contributed by atoms with Gasteiger partial charge in [-0.1, -0.05) is 0 Å². The lowest BCUT2D eigenvalue weighted by Gasteiger charge is -2.05. The highest BCUT2D eigenvalue weighted by atomic mass is 32.2. The second-order valence-corrected chi connectivity index (χ2v) is 5.33. The van der Waals surface area contributed by atoms with Crippen LogP contribution < -0.4 is 10.9 Å². The fourth-order valence-electron chi connectivity index (χ4n) is 1.50. The molecule has 0 spiro atoms. The summed E-state index contributed by atoms with van der Waals surface area (Å²) in [7, 11) is -4.09. The van der Waals surface area contributed by atoms with E-state index in [-0.39, 0.29) is 0 Å². The lowest BCUT2D eigenvalue weighted by Crippen LogP contribution is -2.12. The largest absolute Gasteiger partial charge is 0.422 e. The monoisotopic (exact) mass is 269 g/mol. The van der Waals surface area contributed by atoms with Crippen LogP contribution in [0, 0.1) is 6.92 Å². The summed E-state index contributed by atoms with van der Waals surface area (Å²) in [5, 5.41) is 3.25. The van der Waals surface area contributed by atoms with Crippen LogP contribution in [0.3, 0.4) is 0 Å². The number of fused-ring (bicyclic) bond motifs is 1. The summed E-state index contributed by atoms with van der Waals surface area (Å²) < 4.78 is 34.8. The molecule has 2 N–H and O–H groups in total. The van der Waals surface area contributed by atoms with Crippen molar-refractivity contribution >= 4 is 26.8 Å². The highest BCUT2D eigenvalue weighted by Gasteiger charge is 2.06. The summed E-state index contributed by atoms with van der Waals surface area (Å²) in [4.78, 5) is 11.3. The van der Waals surface area contributed by atoms with Gasteiger partial charge in [-0.25, -0.2) is 4.79 Å². The van der Waals surface area contributed by atoms with E-state index < -0.39 is 21.6 Å². The van der Waals surface area contributed by atoms with Crippen molar-refractivity contribution in [3.8, 4) is 0 Å². The van der Waals surface area contributed by atoms with E-state index in [2.05, 4.69) is 5.32 Å². The van der Waals surface area contributed by atoms with Gasteiger partial charge in [0.1, 0.15) is 11.5 Å². The molecular formula is C11H11NO5S. The van der Waals surface area contributed by atoms with Gasteiger partial charge in [-0.2, -0.15) is 8.42 Å². The van der Waals surface area contributed by atoms with Crippen molar-refractivity contribution in [3.63, 3.8) is 0 Å². The van der Waals surface area contributed by atoms with E-state index in [1.807, 2.05) is 0 Å². The zero-order valence-electron chi connectivity index (χ0n) is 9.50. The molecule has 0 aliphatic heterocycles. The minimum Gasteiger partial charge on any atom is -0.422 e. The molecule has 0 fully saturated rings. The Morgan fingerprint density at radius 1 is 1.33 bits per heavy atom. The average molecular weight is 269 g/mol. The Bertz CT molecular complexity index is 748. The van der Waals surface area contributed by atoms with Crippen molar-refractivity contribution in [2.45, 2.75) is 6.92 Å². The van der Waals surface area contributed by atoms with Crippen LogP contribution >= 0.6 is 0 Å². The predicted octanol–water partition coefficient (Wildman–Crippen LogP) is 1.36. The van der Waals surface area contributed by atoms with Gasteiger partial charge < -0.3 is 9.73 Å². The van der Waals surface area contributed by atoms with Gasteiger partial charge in [0, 0.05) is 22.7 Å². The van der Waals surface area contributed by atoms with Crippen molar-refractivity contribution in [1.82, 2.24) is 0 Å². The van der Waals surface area contributed by atoms with Crippen molar-refractivity contribution in [2.75, 3.05) is 11.2 Å². The van der Waals surface area contributed by atoms with Crippen molar-refractivity contribution in [3.05, 3.63) is 40.2 Å². The van der Waals surface area contributed by atoms with Crippen LogP contribution in [0.5, 0.6) is 0 Å². The molecule has 0 atom stereocenters. The summed E-state index contributed by atoms with van der Waals surface area (Å²) >= 11 is 0. The van der Waals surface area contributed by atoms with E-state index in [1.54, 1.807) is 25.1 Å². The molecule has 0 aliphatic rings. The van der Waals surface area contributed by atoms with Gasteiger partial charge >= 0.3 is 5.63 Å². The summed E-state index contributed by atoms with van der Waals surface area (Å²) in [6.07, 6.45) is 0. The van der Waals surface area contributed by atoms with E-state index in [0.717, 1.165) is 5.39 Å². The third-order valence-corrected chi connectivity index (χ3v) is 2.88. The molecule has 0 saturated heterocycles. The van der Waals surface area contributed by atoms with Gasteiger partial charge in [-0.05, 0) is 25.1 Å². The van der Waals surface area contributed by atoms with Crippen molar-refractivity contribution in [2.24, 2.45) is 0 Å². The van der Waals surface area contributed by atoms with E-state index >= 15 is 0 Å². The number of hydrogen-bond acceptors (Lipinski definition) is 5. The van der Waals surface area contributed by atoms with Crippen LogP contribution in [0.15, 0.2) is 33.5 Å².